The molecule has 0 aliphatic rings. The van der Waals surface area contributed by atoms with Gasteiger partial charge < -0.3 is 10.6 Å². The second kappa shape index (κ2) is 7.41. The molecule has 0 aliphatic heterocycles. The van der Waals surface area contributed by atoms with Gasteiger partial charge in [0.15, 0.2) is 5.13 Å². The second-order valence-electron chi connectivity index (χ2n) is 5.03. The Hall–Kier alpha value is -2.45. The van der Waals surface area contributed by atoms with Crippen LogP contribution in [0, 0.1) is 0 Å². The highest BCUT2D eigenvalue weighted by Crippen LogP contribution is 2.24. The number of nitrogens with one attached hydrogen (secondary N) is 2. The van der Waals surface area contributed by atoms with Gasteiger partial charge in [0.2, 0.25) is 5.91 Å². The number of aromatic nitrogens is 4. The summed E-state index contributed by atoms with van der Waals surface area (Å²) in [4.78, 5) is 20.5. The molecule has 3 heterocycles. The third-order valence-corrected chi connectivity index (χ3v) is 4.12. The summed E-state index contributed by atoms with van der Waals surface area (Å²) in [6, 6.07) is 3.51. The standard InChI is InChI=1S/C15H15ClN6OS/c1-22-8-10(6-19-22)12-9-24-15(20-12)21-14(23)4-5-17-13-3-2-11(16)7-18-13/h2-3,6-9H,4-5H2,1H3,(H,17,18)(H,20,21,23). The van der Waals surface area contributed by atoms with Crippen molar-refractivity contribution >= 4 is 39.8 Å². The van der Waals surface area contributed by atoms with Crippen molar-refractivity contribution in [2.45, 2.75) is 6.42 Å². The zero-order valence-corrected chi connectivity index (χ0v) is 14.4. The number of aryl methyl sites for hydroxylation is 1. The van der Waals surface area contributed by atoms with Crippen LogP contribution in [-0.2, 0) is 11.8 Å². The minimum absolute atomic E-state index is 0.108. The minimum Gasteiger partial charge on any atom is -0.370 e. The van der Waals surface area contributed by atoms with E-state index in [4.69, 9.17) is 11.6 Å². The van der Waals surface area contributed by atoms with Gasteiger partial charge in [0, 0.05) is 43.4 Å². The molecule has 0 fully saturated rings. The minimum atomic E-state index is -0.108. The largest absolute Gasteiger partial charge is 0.370 e. The maximum absolute atomic E-state index is 12.0. The Morgan fingerprint density at radius 1 is 1.38 bits per heavy atom. The molecule has 24 heavy (non-hydrogen) atoms. The molecule has 0 saturated heterocycles. The summed E-state index contributed by atoms with van der Waals surface area (Å²) < 4.78 is 1.71. The van der Waals surface area contributed by atoms with Gasteiger partial charge in [-0.3, -0.25) is 9.48 Å². The van der Waals surface area contributed by atoms with Crippen molar-refractivity contribution < 1.29 is 4.79 Å². The Bertz CT molecular complexity index is 829. The summed E-state index contributed by atoms with van der Waals surface area (Å²) in [5, 5.41) is 13.0. The van der Waals surface area contributed by atoms with Gasteiger partial charge in [-0.25, -0.2) is 9.97 Å². The number of carbonyl (C=O) groups excluding carboxylic acids is 1. The Balaban J connectivity index is 1.48. The van der Waals surface area contributed by atoms with E-state index >= 15 is 0 Å². The quantitative estimate of drug-likeness (QED) is 0.704. The third kappa shape index (κ3) is 4.30. The lowest BCUT2D eigenvalue weighted by atomic mass is 10.3. The SMILES string of the molecule is Cn1cc(-c2csc(NC(=O)CCNc3ccc(Cl)cn3)n2)cn1. The van der Waals surface area contributed by atoms with Crippen LogP contribution >= 0.6 is 22.9 Å². The number of pyridine rings is 1. The normalized spacial score (nSPS) is 10.6. The molecular formula is C15H15ClN6OS. The van der Waals surface area contributed by atoms with E-state index < -0.39 is 0 Å². The first-order valence-corrected chi connectivity index (χ1v) is 8.46. The molecule has 1 amide bonds. The average molecular weight is 363 g/mol. The number of halogens is 1. The zero-order valence-electron chi connectivity index (χ0n) is 12.9. The van der Waals surface area contributed by atoms with E-state index in [9.17, 15) is 4.79 Å². The van der Waals surface area contributed by atoms with Gasteiger partial charge in [-0.15, -0.1) is 11.3 Å². The average Bonchev–Trinajstić information content (AvgIpc) is 3.18. The van der Waals surface area contributed by atoms with Gasteiger partial charge in [-0.05, 0) is 12.1 Å². The number of amides is 1. The van der Waals surface area contributed by atoms with Crippen LogP contribution in [0.2, 0.25) is 5.02 Å². The summed E-state index contributed by atoms with van der Waals surface area (Å²) in [5.41, 5.74) is 1.72. The van der Waals surface area contributed by atoms with Crippen LogP contribution in [0.5, 0.6) is 0 Å². The van der Waals surface area contributed by atoms with Crippen LogP contribution in [0.3, 0.4) is 0 Å². The molecular weight excluding hydrogens is 348 g/mol. The number of hydrogen-bond acceptors (Lipinski definition) is 6. The van der Waals surface area contributed by atoms with Gasteiger partial charge >= 0.3 is 0 Å². The van der Waals surface area contributed by atoms with Gasteiger partial charge in [-0.2, -0.15) is 5.10 Å². The van der Waals surface area contributed by atoms with Crippen LogP contribution in [0.1, 0.15) is 6.42 Å². The van der Waals surface area contributed by atoms with E-state index in [1.165, 1.54) is 11.3 Å². The lowest BCUT2D eigenvalue weighted by Gasteiger charge is -2.05. The molecule has 9 heteroatoms. The molecule has 0 atom stereocenters. The molecule has 3 aromatic rings. The molecule has 0 radical (unpaired) electrons. The van der Waals surface area contributed by atoms with Crippen LogP contribution < -0.4 is 10.6 Å². The molecule has 124 valence electrons. The Morgan fingerprint density at radius 2 is 2.25 bits per heavy atom. The van der Waals surface area contributed by atoms with Gasteiger partial charge in [0.05, 0.1) is 16.9 Å². The van der Waals surface area contributed by atoms with E-state index in [0.717, 1.165) is 11.3 Å². The molecule has 3 aromatic heterocycles. The van der Waals surface area contributed by atoms with Gasteiger partial charge in [0.25, 0.3) is 0 Å². The van der Waals surface area contributed by atoms with Crippen LogP contribution in [-0.4, -0.2) is 32.2 Å². The van der Waals surface area contributed by atoms with E-state index in [0.29, 0.717) is 28.9 Å². The summed E-state index contributed by atoms with van der Waals surface area (Å²) >= 11 is 7.15. The summed E-state index contributed by atoms with van der Waals surface area (Å²) in [7, 11) is 1.85. The molecule has 2 N–H and O–H groups in total. The maximum atomic E-state index is 12.0. The predicted octanol–water partition coefficient (Wildman–Crippen LogP) is 3.03. The molecule has 0 bridgehead atoms. The third-order valence-electron chi connectivity index (χ3n) is 3.14. The van der Waals surface area contributed by atoms with Crippen LogP contribution in [0.25, 0.3) is 11.3 Å². The van der Waals surface area contributed by atoms with Crippen molar-refractivity contribution in [3.8, 4) is 11.3 Å². The highest BCUT2D eigenvalue weighted by Gasteiger charge is 2.09. The zero-order chi connectivity index (χ0) is 16.9. The fourth-order valence-corrected chi connectivity index (χ4v) is 2.83. The number of nitrogens with zero attached hydrogens (tertiary/aromatic N) is 4. The highest BCUT2D eigenvalue weighted by molar-refractivity contribution is 7.14. The molecule has 0 aliphatic carbocycles. The number of carbonyl (C=O) groups is 1. The van der Waals surface area contributed by atoms with Gasteiger partial charge in [0.1, 0.15) is 5.82 Å². The number of hydrogen-bond donors (Lipinski definition) is 2. The van der Waals surface area contributed by atoms with Crippen molar-refractivity contribution in [2.75, 3.05) is 17.2 Å². The number of rotatable bonds is 6. The van der Waals surface area contributed by atoms with Crippen LogP contribution in [0.4, 0.5) is 10.9 Å². The molecule has 0 aromatic carbocycles. The summed E-state index contributed by atoms with van der Waals surface area (Å²) in [6.07, 6.45) is 5.49. The smallest absolute Gasteiger partial charge is 0.227 e. The van der Waals surface area contributed by atoms with Crippen molar-refractivity contribution in [3.05, 3.63) is 41.1 Å². The molecule has 7 nitrogen and oxygen atoms in total. The highest BCUT2D eigenvalue weighted by atomic mass is 35.5. The van der Waals surface area contributed by atoms with Crippen LogP contribution in [0.15, 0.2) is 36.1 Å². The maximum Gasteiger partial charge on any atom is 0.227 e. The molecule has 0 saturated carbocycles. The van der Waals surface area contributed by atoms with Gasteiger partial charge in [-0.1, -0.05) is 11.6 Å². The number of thiazole rings is 1. The topological polar surface area (TPSA) is 84.7 Å². The molecule has 0 spiro atoms. The Kier molecular flexibility index (Phi) is 5.07. The van der Waals surface area contributed by atoms with Crippen molar-refractivity contribution in [1.29, 1.82) is 0 Å². The molecule has 3 rings (SSSR count). The number of anilines is 2. The Labute approximate surface area is 147 Å². The Morgan fingerprint density at radius 3 is 2.96 bits per heavy atom. The first-order chi connectivity index (χ1) is 11.6. The summed E-state index contributed by atoms with van der Waals surface area (Å²) in [6.45, 7) is 0.474. The van der Waals surface area contributed by atoms with Crippen molar-refractivity contribution in [3.63, 3.8) is 0 Å². The predicted molar refractivity (Wildman–Crippen MR) is 95.3 cm³/mol. The molecule has 0 unspecified atom stereocenters. The van der Waals surface area contributed by atoms with Crippen molar-refractivity contribution in [1.82, 2.24) is 19.7 Å². The first-order valence-electron chi connectivity index (χ1n) is 7.20. The lowest BCUT2D eigenvalue weighted by Crippen LogP contribution is -2.16. The van der Waals surface area contributed by atoms with E-state index in [2.05, 4.69) is 25.7 Å². The van der Waals surface area contributed by atoms with Crippen molar-refractivity contribution in [2.24, 2.45) is 7.05 Å². The lowest BCUT2D eigenvalue weighted by molar-refractivity contribution is -0.115. The van der Waals surface area contributed by atoms with E-state index in [1.54, 1.807) is 29.2 Å². The summed E-state index contributed by atoms with van der Waals surface area (Å²) in [5.74, 6) is 0.573. The second-order valence-corrected chi connectivity index (χ2v) is 6.32. The fraction of sp³-hybridized carbons (Fsp3) is 0.200. The monoisotopic (exact) mass is 362 g/mol. The first kappa shape index (κ1) is 16.4. The van der Waals surface area contributed by atoms with E-state index in [1.807, 2.05) is 18.6 Å². The fourth-order valence-electron chi connectivity index (χ4n) is 1.98. The van der Waals surface area contributed by atoms with E-state index in [-0.39, 0.29) is 5.91 Å².